The Labute approximate surface area is 128 Å². The fourth-order valence-electron chi connectivity index (χ4n) is 3.03. The van der Waals surface area contributed by atoms with Crippen molar-refractivity contribution in [2.45, 2.75) is 25.9 Å². The molecule has 0 bridgehead atoms. The van der Waals surface area contributed by atoms with Gasteiger partial charge in [-0.05, 0) is 49.2 Å². The molecule has 110 valence electrons. The van der Waals surface area contributed by atoms with Crippen LogP contribution >= 0.6 is 0 Å². The van der Waals surface area contributed by atoms with Gasteiger partial charge < -0.3 is 9.72 Å². The fourth-order valence-corrected chi connectivity index (χ4v) is 3.03. The lowest BCUT2D eigenvalue weighted by molar-refractivity contribution is 0.0620. The Morgan fingerprint density at radius 2 is 2.05 bits per heavy atom. The van der Waals surface area contributed by atoms with Gasteiger partial charge in [-0.3, -0.25) is 4.79 Å². The van der Waals surface area contributed by atoms with Crippen LogP contribution in [-0.2, 0) is 0 Å². The van der Waals surface area contributed by atoms with E-state index in [9.17, 15) is 4.79 Å². The van der Waals surface area contributed by atoms with Crippen LogP contribution < -0.4 is 4.74 Å². The minimum atomic E-state index is -0.434. The quantitative estimate of drug-likeness (QED) is 0.738. The number of hydrogen-bond acceptors (Lipinski definition) is 3. The number of benzene rings is 1. The first-order valence-electron chi connectivity index (χ1n) is 7.32. The molecule has 4 heteroatoms. The molecule has 1 aliphatic heterocycles. The average Bonchev–Trinajstić information content (AvgIpc) is 2.94. The van der Waals surface area contributed by atoms with E-state index in [2.05, 4.69) is 9.97 Å². The van der Waals surface area contributed by atoms with Crippen LogP contribution in [0.5, 0.6) is 5.75 Å². The molecule has 0 aliphatic carbocycles. The maximum atomic E-state index is 12.4. The zero-order chi connectivity index (χ0) is 15.3. The van der Waals surface area contributed by atoms with Gasteiger partial charge in [-0.25, -0.2) is 4.98 Å². The van der Waals surface area contributed by atoms with Crippen molar-refractivity contribution in [3.63, 3.8) is 0 Å². The van der Waals surface area contributed by atoms with Crippen LogP contribution in [0.2, 0.25) is 0 Å². The molecule has 0 fully saturated rings. The molecule has 1 N–H and O–H groups in total. The summed E-state index contributed by atoms with van der Waals surface area (Å²) in [6, 6.07) is 9.78. The normalized spacial score (nSPS) is 16.4. The maximum Gasteiger partial charge on any atom is 0.170 e. The Kier molecular flexibility index (Phi) is 2.64. The molecule has 3 heterocycles. The van der Waals surface area contributed by atoms with Crippen LogP contribution in [-0.4, -0.2) is 21.4 Å². The van der Waals surface area contributed by atoms with Gasteiger partial charge >= 0.3 is 0 Å². The smallest absolute Gasteiger partial charge is 0.170 e. The number of pyridine rings is 1. The van der Waals surface area contributed by atoms with Gasteiger partial charge in [-0.1, -0.05) is 6.07 Å². The fraction of sp³-hybridized carbons (Fsp3) is 0.222. The highest BCUT2D eigenvalue weighted by Crippen LogP contribution is 2.36. The Bertz CT molecular complexity index is 893. The summed E-state index contributed by atoms with van der Waals surface area (Å²) >= 11 is 0. The molecule has 0 radical (unpaired) electrons. The molecule has 4 nitrogen and oxygen atoms in total. The number of ketones is 1. The third-order valence-electron chi connectivity index (χ3n) is 4.02. The van der Waals surface area contributed by atoms with Crippen LogP contribution in [0.25, 0.3) is 22.2 Å². The number of carbonyl (C=O) groups excluding carboxylic acids is 1. The zero-order valence-corrected chi connectivity index (χ0v) is 12.5. The van der Waals surface area contributed by atoms with Crippen LogP contribution in [0, 0.1) is 0 Å². The predicted octanol–water partition coefficient (Wildman–Crippen LogP) is 3.97. The first-order valence-corrected chi connectivity index (χ1v) is 7.32. The number of H-pyrrole nitrogens is 1. The second-order valence-corrected chi connectivity index (χ2v) is 6.27. The molecule has 1 aromatic carbocycles. The number of carbonyl (C=O) groups is 1. The van der Waals surface area contributed by atoms with Crippen LogP contribution in [0.3, 0.4) is 0 Å². The van der Waals surface area contributed by atoms with Crippen LogP contribution in [0.1, 0.15) is 30.6 Å². The number of nitrogens with one attached hydrogen (secondary N) is 1. The third kappa shape index (κ3) is 1.99. The first kappa shape index (κ1) is 13.1. The lowest BCUT2D eigenvalue weighted by atomic mass is 9.91. The van der Waals surface area contributed by atoms with Crippen molar-refractivity contribution in [3.05, 3.63) is 48.3 Å². The van der Waals surface area contributed by atoms with Crippen molar-refractivity contribution >= 4 is 16.8 Å². The van der Waals surface area contributed by atoms with E-state index in [4.69, 9.17) is 4.74 Å². The number of hydrogen-bond donors (Lipinski definition) is 1. The lowest BCUT2D eigenvalue weighted by Gasteiger charge is -2.31. The SMILES string of the molecule is CC1(C)CC(=O)c2cc(-c3ccnc4[nH]ccc34)ccc2O1. The van der Waals surface area contributed by atoms with Crippen LogP contribution in [0.15, 0.2) is 42.7 Å². The predicted molar refractivity (Wildman–Crippen MR) is 85.2 cm³/mol. The topological polar surface area (TPSA) is 55.0 Å². The molecule has 0 unspecified atom stereocenters. The number of aromatic nitrogens is 2. The zero-order valence-electron chi connectivity index (χ0n) is 12.5. The van der Waals surface area contributed by atoms with Gasteiger partial charge in [0, 0.05) is 17.8 Å². The van der Waals surface area contributed by atoms with Gasteiger partial charge in [0.15, 0.2) is 5.78 Å². The Morgan fingerprint density at radius 1 is 1.18 bits per heavy atom. The number of fused-ring (bicyclic) bond motifs is 2. The van der Waals surface area contributed by atoms with E-state index in [0.29, 0.717) is 17.7 Å². The maximum absolute atomic E-state index is 12.4. The summed E-state index contributed by atoms with van der Waals surface area (Å²) in [5.41, 5.74) is 3.14. The number of rotatable bonds is 1. The number of aromatic amines is 1. The van der Waals surface area contributed by atoms with Gasteiger partial charge in [0.05, 0.1) is 12.0 Å². The molecule has 4 rings (SSSR count). The molecule has 22 heavy (non-hydrogen) atoms. The van der Waals surface area contributed by atoms with E-state index in [0.717, 1.165) is 22.2 Å². The van der Waals surface area contributed by atoms with Crippen molar-refractivity contribution in [3.8, 4) is 16.9 Å². The molecule has 3 aromatic rings. The summed E-state index contributed by atoms with van der Waals surface area (Å²) in [5, 5.41) is 1.05. The molecule has 0 saturated heterocycles. The number of ether oxygens (including phenoxy) is 1. The summed E-state index contributed by atoms with van der Waals surface area (Å²) in [4.78, 5) is 19.8. The molecular weight excluding hydrogens is 276 g/mol. The second-order valence-electron chi connectivity index (χ2n) is 6.27. The van der Waals surface area contributed by atoms with E-state index < -0.39 is 5.60 Å². The van der Waals surface area contributed by atoms with Gasteiger partial charge in [-0.2, -0.15) is 0 Å². The Morgan fingerprint density at radius 3 is 2.91 bits per heavy atom. The summed E-state index contributed by atoms with van der Waals surface area (Å²) in [7, 11) is 0. The molecule has 0 saturated carbocycles. The van der Waals surface area contributed by atoms with E-state index in [1.807, 2.05) is 50.4 Å². The van der Waals surface area contributed by atoms with E-state index >= 15 is 0 Å². The van der Waals surface area contributed by atoms with Gasteiger partial charge in [0.1, 0.15) is 17.0 Å². The number of Topliss-reactive ketones (excluding diaryl/α,β-unsaturated/α-hetero) is 1. The van der Waals surface area contributed by atoms with Crippen molar-refractivity contribution in [1.82, 2.24) is 9.97 Å². The molecule has 1 aliphatic rings. The van der Waals surface area contributed by atoms with Crippen molar-refractivity contribution < 1.29 is 9.53 Å². The largest absolute Gasteiger partial charge is 0.487 e. The minimum Gasteiger partial charge on any atom is -0.487 e. The molecule has 0 amide bonds. The highest BCUT2D eigenvalue weighted by molar-refractivity contribution is 6.02. The summed E-state index contributed by atoms with van der Waals surface area (Å²) in [5.74, 6) is 0.803. The van der Waals surface area contributed by atoms with E-state index in [1.54, 1.807) is 6.20 Å². The van der Waals surface area contributed by atoms with Crippen LogP contribution in [0.4, 0.5) is 0 Å². The molecule has 2 aromatic heterocycles. The molecule has 0 spiro atoms. The number of nitrogens with zero attached hydrogens (tertiary/aromatic N) is 1. The van der Waals surface area contributed by atoms with Crippen molar-refractivity contribution in [1.29, 1.82) is 0 Å². The minimum absolute atomic E-state index is 0.132. The van der Waals surface area contributed by atoms with Gasteiger partial charge in [-0.15, -0.1) is 0 Å². The highest BCUT2D eigenvalue weighted by Gasteiger charge is 2.32. The monoisotopic (exact) mass is 292 g/mol. The lowest BCUT2D eigenvalue weighted by Crippen LogP contribution is -2.35. The Hall–Kier alpha value is -2.62. The first-order chi connectivity index (χ1) is 10.5. The molecule has 0 atom stereocenters. The standard InChI is InChI=1S/C18H16N2O2/c1-18(2)10-15(21)14-9-11(3-4-16(14)22-18)12-5-7-19-17-13(12)6-8-20-17/h3-9H,10H2,1-2H3,(H,19,20). The van der Waals surface area contributed by atoms with Gasteiger partial charge in [0.25, 0.3) is 0 Å². The van der Waals surface area contributed by atoms with E-state index in [1.165, 1.54) is 0 Å². The summed E-state index contributed by atoms with van der Waals surface area (Å²) in [6.07, 6.45) is 4.05. The third-order valence-corrected chi connectivity index (χ3v) is 4.02. The Balaban J connectivity index is 1.87. The highest BCUT2D eigenvalue weighted by atomic mass is 16.5. The average molecular weight is 292 g/mol. The molecular formula is C18H16N2O2. The summed E-state index contributed by atoms with van der Waals surface area (Å²) in [6.45, 7) is 3.88. The summed E-state index contributed by atoms with van der Waals surface area (Å²) < 4.78 is 5.91. The van der Waals surface area contributed by atoms with Crippen molar-refractivity contribution in [2.24, 2.45) is 0 Å². The van der Waals surface area contributed by atoms with Crippen molar-refractivity contribution in [2.75, 3.05) is 0 Å². The van der Waals surface area contributed by atoms with Gasteiger partial charge in [0.2, 0.25) is 0 Å². The van der Waals surface area contributed by atoms with E-state index in [-0.39, 0.29) is 5.78 Å². The second kappa shape index (κ2) is 4.44.